The van der Waals surface area contributed by atoms with E-state index in [2.05, 4.69) is 4.74 Å². The van der Waals surface area contributed by atoms with Gasteiger partial charge in [0.05, 0.1) is 0 Å². The first kappa shape index (κ1) is 12.1. The minimum Gasteiger partial charge on any atom is -0.453 e. The molecule has 0 heterocycles. The molecule has 0 aromatic carbocycles. The van der Waals surface area contributed by atoms with Crippen LogP contribution in [0, 0.1) is 0 Å². The predicted molar refractivity (Wildman–Crippen MR) is 37.3 cm³/mol. The Morgan fingerprint density at radius 2 is 1.67 bits per heavy atom. The van der Waals surface area contributed by atoms with Gasteiger partial charge < -0.3 is 4.74 Å². The number of ether oxygens (including phenoxy) is 1. The summed E-state index contributed by atoms with van der Waals surface area (Å²) in [5, 5.41) is 0. The summed E-state index contributed by atoms with van der Waals surface area (Å²) < 4.78 is 35.3. The third-order valence-electron chi connectivity index (χ3n) is 0.598. The van der Waals surface area contributed by atoms with Crippen molar-refractivity contribution in [2.75, 3.05) is 6.61 Å². The first-order valence-corrected chi connectivity index (χ1v) is 3.57. The van der Waals surface area contributed by atoms with E-state index in [1.807, 2.05) is 0 Å². The quantitative estimate of drug-likeness (QED) is 0.524. The van der Waals surface area contributed by atoms with Gasteiger partial charge in [-0.25, -0.2) is 4.79 Å². The Morgan fingerprint density at radius 1 is 1.25 bits per heavy atom. The lowest BCUT2D eigenvalue weighted by atomic mass is 10.7. The van der Waals surface area contributed by atoms with Crippen molar-refractivity contribution in [3.63, 3.8) is 0 Å². The molecular formula is C4H2Cl3F3O2. The predicted octanol–water partition coefficient (Wildman–Crippen LogP) is 2.46. The van der Waals surface area contributed by atoms with Crippen molar-refractivity contribution in [2.24, 2.45) is 0 Å². The maximum Gasteiger partial charge on any atom is 0.422 e. The van der Waals surface area contributed by atoms with Crippen LogP contribution in [0.15, 0.2) is 0 Å². The van der Waals surface area contributed by atoms with Crippen LogP contribution in [-0.4, -0.2) is 22.5 Å². The summed E-state index contributed by atoms with van der Waals surface area (Å²) in [6.45, 7) is -1.76. The summed E-state index contributed by atoms with van der Waals surface area (Å²) >= 11 is 14.7. The van der Waals surface area contributed by atoms with Crippen LogP contribution in [0.5, 0.6) is 0 Å². The van der Waals surface area contributed by atoms with Gasteiger partial charge in [0.1, 0.15) is 0 Å². The Balaban J connectivity index is 3.90. The molecule has 0 fully saturated rings. The van der Waals surface area contributed by atoms with Crippen LogP contribution >= 0.6 is 34.8 Å². The smallest absolute Gasteiger partial charge is 0.422 e. The summed E-state index contributed by atoms with van der Waals surface area (Å²) in [4.78, 5) is 10.4. The maximum atomic E-state index is 11.4. The topological polar surface area (TPSA) is 26.3 Å². The van der Waals surface area contributed by atoms with Crippen LogP contribution in [0.1, 0.15) is 0 Å². The number of alkyl halides is 6. The monoisotopic (exact) mass is 244 g/mol. The van der Waals surface area contributed by atoms with Crippen LogP contribution in [0.3, 0.4) is 0 Å². The molecule has 0 atom stereocenters. The first-order chi connectivity index (χ1) is 5.13. The number of hydrogen-bond acceptors (Lipinski definition) is 2. The average Bonchev–Trinajstić information content (AvgIpc) is 1.78. The molecule has 0 unspecified atom stereocenters. The summed E-state index contributed by atoms with van der Waals surface area (Å²) in [5.74, 6) is -1.55. The van der Waals surface area contributed by atoms with Gasteiger partial charge in [0.2, 0.25) is 0 Å². The van der Waals surface area contributed by atoms with Crippen molar-refractivity contribution in [1.29, 1.82) is 0 Å². The van der Waals surface area contributed by atoms with E-state index in [0.717, 1.165) is 0 Å². The lowest BCUT2D eigenvalue weighted by molar-refractivity contribution is -0.185. The highest BCUT2D eigenvalue weighted by Crippen LogP contribution is 2.28. The minimum absolute atomic E-state index is 1.55. The van der Waals surface area contributed by atoms with Gasteiger partial charge in [0.25, 0.3) is 3.79 Å². The van der Waals surface area contributed by atoms with Crippen molar-refractivity contribution in [3.05, 3.63) is 0 Å². The van der Waals surface area contributed by atoms with Crippen LogP contribution in [0.4, 0.5) is 13.2 Å². The average molecular weight is 245 g/mol. The zero-order valence-corrected chi connectivity index (χ0v) is 7.56. The standard InChI is InChI=1S/C4H2Cl3F3O2/c5-4(6,7)2(11)12-1-3(8,9)10/h1H2. The van der Waals surface area contributed by atoms with E-state index in [-0.39, 0.29) is 0 Å². The Labute approximate surface area is 80.5 Å². The lowest BCUT2D eigenvalue weighted by Gasteiger charge is -2.11. The molecule has 0 aliphatic carbocycles. The van der Waals surface area contributed by atoms with Gasteiger partial charge >= 0.3 is 12.1 Å². The van der Waals surface area contributed by atoms with Crippen LogP contribution in [0.25, 0.3) is 0 Å². The van der Waals surface area contributed by atoms with Gasteiger partial charge in [-0.15, -0.1) is 0 Å². The molecular weight excluding hydrogens is 243 g/mol. The highest BCUT2D eigenvalue weighted by atomic mass is 35.6. The van der Waals surface area contributed by atoms with E-state index >= 15 is 0 Å². The van der Waals surface area contributed by atoms with Crippen LogP contribution < -0.4 is 0 Å². The van der Waals surface area contributed by atoms with Gasteiger partial charge in [0.15, 0.2) is 6.61 Å². The van der Waals surface area contributed by atoms with Crippen molar-refractivity contribution < 1.29 is 22.7 Å². The Bertz CT molecular complexity index is 173. The van der Waals surface area contributed by atoms with E-state index in [1.54, 1.807) is 0 Å². The van der Waals surface area contributed by atoms with Gasteiger partial charge in [-0.1, -0.05) is 34.8 Å². The Morgan fingerprint density at radius 3 is 1.92 bits per heavy atom. The van der Waals surface area contributed by atoms with Crippen molar-refractivity contribution in [3.8, 4) is 0 Å². The molecule has 72 valence electrons. The number of rotatable bonds is 1. The van der Waals surface area contributed by atoms with Gasteiger partial charge in [-0.2, -0.15) is 13.2 Å². The van der Waals surface area contributed by atoms with Crippen molar-refractivity contribution in [1.82, 2.24) is 0 Å². The van der Waals surface area contributed by atoms with E-state index in [4.69, 9.17) is 34.8 Å². The molecule has 0 bridgehead atoms. The molecule has 0 saturated carbocycles. The van der Waals surface area contributed by atoms with Crippen molar-refractivity contribution >= 4 is 40.8 Å². The third-order valence-corrected chi connectivity index (χ3v) is 1.06. The van der Waals surface area contributed by atoms with E-state index in [0.29, 0.717) is 0 Å². The molecule has 12 heavy (non-hydrogen) atoms. The van der Waals surface area contributed by atoms with E-state index in [9.17, 15) is 18.0 Å². The molecule has 8 heteroatoms. The van der Waals surface area contributed by atoms with E-state index < -0.39 is 22.5 Å². The molecule has 0 aliphatic heterocycles. The fourth-order valence-corrected chi connectivity index (χ4v) is 0.393. The van der Waals surface area contributed by atoms with Crippen LogP contribution in [0.2, 0.25) is 0 Å². The Hall–Kier alpha value is 0.130. The number of carbonyl (C=O) groups excluding carboxylic acids is 1. The summed E-state index contributed by atoms with van der Waals surface area (Å²) in [6.07, 6.45) is -4.62. The second kappa shape index (κ2) is 3.89. The molecule has 0 aliphatic rings. The maximum absolute atomic E-state index is 11.4. The second-order valence-corrected chi connectivity index (χ2v) is 3.97. The normalized spacial score (nSPS) is 12.8. The fraction of sp³-hybridized carbons (Fsp3) is 0.750. The lowest BCUT2D eigenvalue weighted by Crippen LogP contribution is -2.27. The molecule has 0 amide bonds. The summed E-state index contributed by atoms with van der Waals surface area (Å²) in [5.41, 5.74) is 0. The molecule has 2 nitrogen and oxygen atoms in total. The SMILES string of the molecule is O=C(OCC(F)(F)F)C(Cl)(Cl)Cl. The zero-order chi connectivity index (χ0) is 9.99. The third kappa shape index (κ3) is 5.74. The molecule has 0 rings (SSSR count). The Kier molecular flexibility index (Phi) is 3.93. The summed E-state index contributed by atoms with van der Waals surface area (Å²) in [7, 11) is 0. The van der Waals surface area contributed by atoms with Gasteiger partial charge in [-0.05, 0) is 0 Å². The molecule has 0 N–H and O–H groups in total. The molecule has 0 aromatic rings. The molecule has 0 aromatic heterocycles. The minimum atomic E-state index is -4.62. The van der Waals surface area contributed by atoms with Crippen molar-refractivity contribution in [2.45, 2.75) is 9.97 Å². The van der Waals surface area contributed by atoms with Gasteiger partial charge in [0, 0.05) is 0 Å². The number of carbonyl (C=O) groups is 1. The molecule has 0 saturated heterocycles. The van der Waals surface area contributed by atoms with E-state index in [1.165, 1.54) is 0 Å². The largest absolute Gasteiger partial charge is 0.453 e. The summed E-state index contributed by atoms with van der Waals surface area (Å²) in [6, 6.07) is 0. The van der Waals surface area contributed by atoms with Crippen LogP contribution in [-0.2, 0) is 9.53 Å². The first-order valence-electron chi connectivity index (χ1n) is 2.43. The molecule has 0 radical (unpaired) electrons. The highest BCUT2D eigenvalue weighted by Gasteiger charge is 2.37. The number of hydrogen-bond donors (Lipinski definition) is 0. The number of esters is 1. The van der Waals surface area contributed by atoms with Gasteiger partial charge in [-0.3, -0.25) is 0 Å². The number of halogens is 6. The molecule has 0 spiro atoms. The highest BCUT2D eigenvalue weighted by molar-refractivity contribution is 6.75. The second-order valence-electron chi connectivity index (χ2n) is 1.69. The zero-order valence-electron chi connectivity index (χ0n) is 5.29. The fourth-order valence-electron chi connectivity index (χ4n) is 0.229.